The number of aromatic hydroxyl groups is 1. The Morgan fingerprint density at radius 3 is 3.06 bits per heavy atom. The molecule has 0 radical (unpaired) electrons. The zero-order chi connectivity index (χ0) is 11.5. The Balaban J connectivity index is 2.18. The lowest BCUT2D eigenvalue weighted by atomic mass is 10.2. The Morgan fingerprint density at radius 1 is 1.56 bits per heavy atom. The van der Waals surface area contributed by atoms with E-state index in [1.165, 1.54) is 18.5 Å². The number of amides is 1. The van der Waals surface area contributed by atoms with E-state index in [0.717, 1.165) is 12.8 Å². The van der Waals surface area contributed by atoms with Gasteiger partial charge in [0.2, 0.25) is 0 Å². The molecule has 5 heteroatoms. The van der Waals surface area contributed by atoms with Crippen molar-refractivity contribution in [2.45, 2.75) is 18.9 Å². The van der Waals surface area contributed by atoms with Gasteiger partial charge in [-0.2, -0.15) is 0 Å². The number of rotatable bonds is 2. The SMILES string of the molecule is O=C(c1cncc(O)c1)N1CCC[C@H]1CO. The summed E-state index contributed by atoms with van der Waals surface area (Å²) in [6, 6.07) is 1.29. The van der Waals surface area contributed by atoms with Crippen molar-refractivity contribution < 1.29 is 15.0 Å². The predicted octanol–water partition coefficient (Wildman–Crippen LogP) is 0.384. The van der Waals surface area contributed by atoms with Crippen LogP contribution in [0.25, 0.3) is 0 Å². The lowest BCUT2D eigenvalue weighted by Crippen LogP contribution is -2.37. The fourth-order valence-electron chi connectivity index (χ4n) is 2.00. The number of nitrogens with zero attached hydrogens (tertiary/aromatic N) is 2. The fraction of sp³-hybridized carbons (Fsp3) is 0.455. The van der Waals surface area contributed by atoms with Crippen molar-refractivity contribution in [2.24, 2.45) is 0 Å². The monoisotopic (exact) mass is 222 g/mol. The molecule has 0 spiro atoms. The predicted molar refractivity (Wildman–Crippen MR) is 57.0 cm³/mol. The molecule has 1 aliphatic heterocycles. The Kier molecular flexibility index (Phi) is 3.05. The lowest BCUT2D eigenvalue weighted by Gasteiger charge is -2.22. The second-order valence-corrected chi connectivity index (χ2v) is 3.91. The molecule has 0 aliphatic carbocycles. The third-order valence-corrected chi connectivity index (χ3v) is 2.82. The van der Waals surface area contributed by atoms with E-state index < -0.39 is 0 Å². The van der Waals surface area contributed by atoms with Crippen molar-refractivity contribution in [2.75, 3.05) is 13.2 Å². The summed E-state index contributed by atoms with van der Waals surface area (Å²) in [5.41, 5.74) is 0.361. The van der Waals surface area contributed by atoms with Crippen molar-refractivity contribution in [3.05, 3.63) is 24.0 Å². The van der Waals surface area contributed by atoms with Crippen LogP contribution in [0.2, 0.25) is 0 Å². The smallest absolute Gasteiger partial charge is 0.255 e. The van der Waals surface area contributed by atoms with Gasteiger partial charge in [0.15, 0.2) is 0 Å². The highest BCUT2D eigenvalue weighted by Gasteiger charge is 2.28. The van der Waals surface area contributed by atoms with E-state index in [2.05, 4.69) is 4.98 Å². The van der Waals surface area contributed by atoms with Crippen LogP contribution in [0.4, 0.5) is 0 Å². The Bertz CT molecular complexity index is 395. The van der Waals surface area contributed by atoms with Gasteiger partial charge in [-0.05, 0) is 18.9 Å². The Hall–Kier alpha value is -1.62. The van der Waals surface area contributed by atoms with Crippen LogP contribution in [0.15, 0.2) is 18.5 Å². The number of hydrogen-bond acceptors (Lipinski definition) is 4. The number of aliphatic hydroxyl groups is 1. The highest BCUT2D eigenvalue weighted by Crippen LogP contribution is 2.20. The van der Waals surface area contributed by atoms with Crippen LogP contribution in [0, 0.1) is 0 Å². The molecular weight excluding hydrogens is 208 g/mol. The number of hydrogen-bond donors (Lipinski definition) is 2. The number of carbonyl (C=O) groups excluding carboxylic acids is 1. The number of likely N-dealkylation sites (tertiary alicyclic amines) is 1. The Morgan fingerprint density at radius 2 is 2.38 bits per heavy atom. The summed E-state index contributed by atoms with van der Waals surface area (Å²) in [5, 5.41) is 18.4. The first-order valence-electron chi connectivity index (χ1n) is 5.28. The standard InChI is InChI=1S/C11H14N2O3/c14-7-9-2-1-3-13(9)11(16)8-4-10(15)6-12-5-8/h4-6,9,14-15H,1-3,7H2/t9-/m0/s1. The maximum Gasteiger partial charge on any atom is 0.255 e. The normalized spacial score (nSPS) is 20.1. The van der Waals surface area contributed by atoms with Gasteiger partial charge in [0, 0.05) is 12.7 Å². The quantitative estimate of drug-likeness (QED) is 0.759. The molecule has 5 nitrogen and oxygen atoms in total. The second kappa shape index (κ2) is 4.49. The lowest BCUT2D eigenvalue weighted by molar-refractivity contribution is 0.0677. The highest BCUT2D eigenvalue weighted by atomic mass is 16.3. The molecule has 0 unspecified atom stereocenters. The van der Waals surface area contributed by atoms with Gasteiger partial charge < -0.3 is 15.1 Å². The van der Waals surface area contributed by atoms with Crippen LogP contribution in [0.5, 0.6) is 5.75 Å². The summed E-state index contributed by atoms with van der Waals surface area (Å²) in [6.07, 6.45) is 4.44. The van der Waals surface area contributed by atoms with Crippen LogP contribution in [0.3, 0.4) is 0 Å². The fourth-order valence-corrected chi connectivity index (χ4v) is 2.00. The molecule has 16 heavy (non-hydrogen) atoms. The van der Waals surface area contributed by atoms with E-state index >= 15 is 0 Å². The summed E-state index contributed by atoms with van der Waals surface area (Å²) in [6.45, 7) is 0.637. The second-order valence-electron chi connectivity index (χ2n) is 3.91. The molecule has 1 aliphatic rings. The van der Waals surface area contributed by atoms with Gasteiger partial charge in [-0.25, -0.2) is 0 Å². The summed E-state index contributed by atoms with van der Waals surface area (Å²) >= 11 is 0. The van der Waals surface area contributed by atoms with E-state index in [4.69, 9.17) is 5.11 Å². The van der Waals surface area contributed by atoms with E-state index in [1.807, 2.05) is 0 Å². The van der Waals surface area contributed by atoms with Crippen LogP contribution in [0.1, 0.15) is 23.2 Å². The number of pyridine rings is 1. The van der Waals surface area contributed by atoms with Crippen molar-refractivity contribution in [3.63, 3.8) is 0 Å². The van der Waals surface area contributed by atoms with Gasteiger partial charge in [-0.3, -0.25) is 9.78 Å². The van der Waals surface area contributed by atoms with E-state index in [9.17, 15) is 9.90 Å². The maximum atomic E-state index is 12.0. The van der Waals surface area contributed by atoms with Crippen LogP contribution < -0.4 is 0 Å². The topological polar surface area (TPSA) is 73.7 Å². The molecular formula is C11H14N2O3. The number of aromatic nitrogens is 1. The molecule has 86 valence electrons. The minimum atomic E-state index is -0.181. The minimum absolute atomic E-state index is 0.0159. The molecule has 1 fully saturated rings. The Labute approximate surface area is 93.3 Å². The minimum Gasteiger partial charge on any atom is -0.506 e. The maximum absolute atomic E-state index is 12.0. The zero-order valence-electron chi connectivity index (χ0n) is 8.83. The first kappa shape index (κ1) is 10.9. The molecule has 2 heterocycles. The van der Waals surface area contributed by atoms with E-state index in [0.29, 0.717) is 12.1 Å². The van der Waals surface area contributed by atoms with Crippen molar-refractivity contribution >= 4 is 5.91 Å². The molecule has 1 amide bonds. The third-order valence-electron chi connectivity index (χ3n) is 2.82. The van der Waals surface area contributed by atoms with Crippen LogP contribution in [-0.4, -0.2) is 45.2 Å². The van der Waals surface area contributed by atoms with Gasteiger partial charge in [0.1, 0.15) is 5.75 Å². The first-order valence-corrected chi connectivity index (χ1v) is 5.28. The summed E-state index contributed by atoms with van der Waals surface area (Å²) in [4.78, 5) is 17.4. The number of carbonyl (C=O) groups is 1. The van der Waals surface area contributed by atoms with Crippen molar-refractivity contribution in [1.82, 2.24) is 9.88 Å². The van der Waals surface area contributed by atoms with Crippen LogP contribution in [-0.2, 0) is 0 Å². The first-order chi connectivity index (χ1) is 7.72. The summed E-state index contributed by atoms with van der Waals surface area (Å²) in [7, 11) is 0. The average Bonchev–Trinajstić information content (AvgIpc) is 2.76. The van der Waals surface area contributed by atoms with Gasteiger partial charge >= 0.3 is 0 Å². The average molecular weight is 222 g/mol. The largest absolute Gasteiger partial charge is 0.506 e. The van der Waals surface area contributed by atoms with E-state index in [1.54, 1.807) is 4.90 Å². The highest BCUT2D eigenvalue weighted by molar-refractivity contribution is 5.94. The molecule has 1 aromatic rings. The van der Waals surface area contributed by atoms with Crippen molar-refractivity contribution in [1.29, 1.82) is 0 Å². The third kappa shape index (κ3) is 1.99. The zero-order valence-corrected chi connectivity index (χ0v) is 8.83. The van der Waals surface area contributed by atoms with Gasteiger partial charge in [0.05, 0.1) is 24.4 Å². The molecule has 1 atom stereocenters. The molecule has 2 rings (SSSR count). The van der Waals surface area contributed by atoms with Gasteiger partial charge in [0.25, 0.3) is 5.91 Å². The molecule has 1 saturated heterocycles. The summed E-state index contributed by atoms with van der Waals surface area (Å²) < 4.78 is 0. The molecule has 0 bridgehead atoms. The van der Waals surface area contributed by atoms with Crippen LogP contribution >= 0.6 is 0 Å². The van der Waals surface area contributed by atoms with Crippen molar-refractivity contribution in [3.8, 4) is 5.75 Å². The molecule has 2 N–H and O–H groups in total. The van der Waals surface area contributed by atoms with E-state index in [-0.39, 0.29) is 24.3 Å². The van der Waals surface area contributed by atoms with Gasteiger partial charge in [-0.15, -0.1) is 0 Å². The molecule has 0 aromatic carbocycles. The molecule has 1 aromatic heterocycles. The molecule has 0 saturated carbocycles. The summed E-state index contributed by atoms with van der Waals surface area (Å²) in [5.74, 6) is -0.203. The number of aliphatic hydroxyl groups excluding tert-OH is 1. The van der Waals surface area contributed by atoms with Gasteiger partial charge in [-0.1, -0.05) is 0 Å².